The summed E-state index contributed by atoms with van der Waals surface area (Å²) in [6.45, 7) is 1.55. The highest BCUT2D eigenvalue weighted by Gasteiger charge is 2.49. The fourth-order valence-corrected chi connectivity index (χ4v) is 17.7. The number of ether oxygens (including phenoxy) is 10. The van der Waals surface area contributed by atoms with Gasteiger partial charge in [0.15, 0.2) is 32.8 Å². The molecule has 1 amide bonds. The summed E-state index contributed by atoms with van der Waals surface area (Å²) < 4.78 is 80.5. The number of fused-ring (bicyclic) bond motifs is 4. The van der Waals surface area contributed by atoms with Gasteiger partial charge in [0.1, 0.15) is 167 Å². The molecule has 0 spiro atoms. The second-order valence-corrected chi connectivity index (χ2v) is 33.3. The van der Waals surface area contributed by atoms with Gasteiger partial charge >= 0.3 is 0 Å². The van der Waals surface area contributed by atoms with E-state index in [1.165, 1.54) is 13.2 Å². The van der Waals surface area contributed by atoms with Crippen LogP contribution in [0.5, 0.6) is 34.5 Å². The van der Waals surface area contributed by atoms with E-state index in [0.29, 0.717) is 144 Å². The Balaban J connectivity index is 0.000000142. The molecule has 33 nitrogen and oxygen atoms in total. The fourth-order valence-electron chi connectivity index (χ4n) is 16.2. The van der Waals surface area contributed by atoms with E-state index >= 15 is 0 Å². The predicted octanol–water partition coefficient (Wildman–Crippen LogP) is 1.33. The zero-order chi connectivity index (χ0) is 88.5. The summed E-state index contributed by atoms with van der Waals surface area (Å²) in [6, 6.07) is 42.7. The van der Waals surface area contributed by atoms with E-state index < -0.39 is 164 Å². The van der Waals surface area contributed by atoms with Gasteiger partial charge in [-0.25, -0.2) is 8.42 Å². The molecule has 124 heavy (non-hydrogen) atoms. The van der Waals surface area contributed by atoms with Crippen molar-refractivity contribution in [3.8, 4) is 52.9 Å². The number of carbonyl (C=O) groups is 1. The zero-order valence-electron chi connectivity index (χ0n) is 67.0. The first kappa shape index (κ1) is 91.8. The number of nitriles is 1. The molecular formula is C89H99ClN4O29S. The summed E-state index contributed by atoms with van der Waals surface area (Å²) in [5.74, 6) is 6.00. The SMILES string of the molecule is C#Cc1ccc([C@@H]2O[C@H](CO)[C@@H](O)[C@H](O)[C@H]2O)cc1Cc1ccc2c(c1)OCCO2.COc1ccc([C@@H]2O[C@H](CO)[C@@H](O)[C@H](O)[C@H]2O)cc1Cc1ccc2c(c1)NCCS2(=O)=O.N#Cc1ccc([C@@H]2O[C@H](CO)[C@@H](O)[C@H](O)[C@H]2O)cc1Cc1ccc2c(c1)OCCO2.NC(=O)c1c([C@@H]2O[C@H](CO)[C@@H](O)[C@H](O)[C@H]2O)ccc(Cl)c1Cc1ccc2c(c1)NCCO2. The summed E-state index contributed by atoms with van der Waals surface area (Å²) in [4.78, 5) is 12.8. The van der Waals surface area contributed by atoms with Crippen LogP contribution in [0, 0.1) is 23.7 Å². The number of anilines is 2. The Morgan fingerprint density at radius 2 is 0.863 bits per heavy atom. The van der Waals surface area contributed by atoms with Gasteiger partial charge in [-0.2, -0.15) is 5.26 Å². The van der Waals surface area contributed by atoms with Crippen molar-refractivity contribution >= 4 is 38.7 Å². The second-order valence-electron chi connectivity index (χ2n) is 30.9. The number of halogens is 1. The number of nitrogens with two attached hydrogens (primary N) is 1. The Morgan fingerprint density at radius 1 is 0.460 bits per heavy atom. The number of benzene rings is 8. The van der Waals surface area contributed by atoms with Gasteiger partial charge in [-0.1, -0.05) is 78.2 Å². The maximum absolute atomic E-state index is 12.5. The summed E-state index contributed by atoms with van der Waals surface area (Å²) >= 11 is 6.44. The van der Waals surface area contributed by atoms with Gasteiger partial charge in [-0.15, -0.1) is 6.42 Å². The van der Waals surface area contributed by atoms with Gasteiger partial charge in [0.2, 0.25) is 5.91 Å². The van der Waals surface area contributed by atoms with Crippen LogP contribution in [-0.2, 0) is 54.5 Å². The standard InChI is InChI=1S/C23H24O7.C22H25ClN2O7.C22H27NO8S.C22H23NO7/c1-2-14-4-5-15(23-22(27)21(26)20(25)19(12-24)30-23)11-16(14)9-13-3-6-17-18(10-13)29-8-7-28-17;23-13-3-2-11(21-20(29)19(28)18(27)16(9-26)32-21)17(22(24)30)12(13)7-10-1-4-15-14(8-10)25-5-6-31-15;1-30-16-4-3-13(22-21(27)20(26)19(25)17(11-24)31-22)10-14(16)8-12-2-5-18-15(9-12)23-6-7-32(18,28)29;23-10-14-3-2-13(22-21(27)20(26)19(25)18(11-24)30-22)9-15(14)7-12-1-4-16-17(8-12)29-6-5-28-16/h1,3-6,10-11,19-27H,7-9,12H2;1-4,8,16,18-21,25-29H,5-7,9H2,(H2,24,30);2-5,9-10,17,19-27H,6-8,11H2,1H3;1-4,8-9,18-22,24-27H,5-7,11H2/t19-,20-,21+,22-,23+;16-,18-,19+,20-,21+;17-,19-,20+,21-,22+;18-,19-,20+,21-,22+/m1111/s1. The molecule has 4 fully saturated rings. The van der Waals surface area contributed by atoms with E-state index in [-0.39, 0.29) is 28.2 Å². The van der Waals surface area contributed by atoms with Gasteiger partial charge < -0.3 is 145 Å². The van der Waals surface area contributed by atoms with Crippen LogP contribution in [0.2, 0.25) is 5.02 Å². The molecule has 0 unspecified atom stereocenters. The van der Waals surface area contributed by atoms with Gasteiger partial charge in [0, 0.05) is 30.1 Å². The van der Waals surface area contributed by atoms with E-state index in [9.17, 15) is 100 Å². The number of carbonyl (C=O) groups excluding carboxylic acids is 1. The second kappa shape index (κ2) is 40.6. The van der Waals surface area contributed by atoms with Gasteiger partial charge in [-0.05, 0) is 165 Å². The first-order valence-corrected chi connectivity index (χ1v) is 42.1. The summed E-state index contributed by atoms with van der Waals surface area (Å²) in [7, 11) is -1.75. The van der Waals surface area contributed by atoms with Crippen molar-refractivity contribution in [1.29, 1.82) is 5.26 Å². The van der Waals surface area contributed by atoms with E-state index in [0.717, 1.165) is 44.8 Å². The normalized spacial score (nSPS) is 28.1. The molecule has 20 atom stereocenters. The van der Waals surface area contributed by atoms with Crippen LogP contribution in [-0.4, -0.2) is 279 Å². The van der Waals surface area contributed by atoms with Crippen molar-refractivity contribution in [1.82, 2.24) is 0 Å². The number of terminal acetylenes is 1. The Labute approximate surface area is 718 Å². The number of sulfone groups is 1. The number of rotatable bonds is 18. The Kier molecular flexibility index (Phi) is 30.1. The lowest BCUT2D eigenvalue weighted by atomic mass is 9.86. The van der Waals surface area contributed by atoms with Gasteiger partial charge in [0.05, 0.1) is 72.8 Å². The predicted molar refractivity (Wildman–Crippen MR) is 443 cm³/mol. The number of amides is 1. The maximum Gasteiger partial charge on any atom is 0.249 e. The number of hydrogen-bond donors (Lipinski definition) is 19. The van der Waals surface area contributed by atoms with Crippen LogP contribution in [0.15, 0.2) is 144 Å². The first-order valence-electron chi connectivity index (χ1n) is 40.1. The molecule has 8 aromatic carbocycles. The molecule has 35 heteroatoms. The molecule has 8 aromatic rings. The third-order valence-electron chi connectivity index (χ3n) is 22.8. The minimum atomic E-state index is -3.29. The Hall–Kier alpha value is -9.88. The smallest absolute Gasteiger partial charge is 0.249 e. The van der Waals surface area contributed by atoms with Crippen LogP contribution in [0.3, 0.4) is 0 Å². The highest BCUT2D eigenvalue weighted by Crippen LogP contribution is 2.43. The molecule has 8 aliphatic heterocycles. The summed E-state index contributed by atoms with van der Waals surface area (Å²) in [6.07, 6.45) is -18.2. The molecule has 0 bridgehead atoms. The molecule has 662 valence electrons. The van der Waals surface area contributed by atoms with Gasteiger partial charge in [-0.3, -0.25) is 4.79 Å². The molecule has 0 saturated carbocycles. The van der Waals surface area contributed by atoms with E-state index in [1.54, 1.807) is 72.8 Å². The van der Waals surface area contributed by atoms with E-state index in [2.05, 4.69) is 22.6 Å². The highest BCUT2D eigenvalue weighted by molar-refractivity contribution is 7.91. The van der Waals surface area contributed by atoms with Crippen LogP contribution in [0.1, 0.15) is 113 Å². The average molecular weight is 1760 g/mol. The lowest BCUT2D eigenvalue weighted by molar-refractivity contribution is -0.231. The van der Waals surface area contributed by atoms with Crippen molar-refractivity contribution in [3.05, 3.63) is 228 Å². The number of hydrogen-bond acceptors (Lipinski definition) is 32. The lowest BCUT2D eigenvalue weighted by Gasteiger charge is -2.40. The monoisotopic (exact) mass is 1750 g/mol. The lowest BCUT2D eigenvalue weighted by Crippen LogP contribution is -2.55. The van der Waals surface area contributed by atoms with Crippen LogP contribution in [0.4, 0.5) is 11.4 Å². The van der Waals surface area contributed by atoms with Crippen LogP contribution in [0.25, 0.3) is 0 Å². The number of aliphatic hydroxyl groups is 16. The zero-order valence-corrected chi connectivity index (χ0v) is 68.6. The largest absolute Gasteiger partial charge is 0.496 e. The summed E-state index contributed by atoms with van der Waals surface area (Å²) in [5.41, 5.74) is 16.6. The molecular weight excluding hydrogens is 1660 g/mol. The van der Waals surface area contributed by atoms with Crippen LogP contribution < -0.4 is 44.8 Å². The molecule has 8 aliphatic rings. The van der Waals surface area contributed by atoms with Crippen molar-refractivity contribution in [2.75, 3.05) is 96.0 Å². The minimum absolute atomic E-state index is 0.0590. The quantitative estimate of drug-likeness (QED) is 0.0539. The van der Waals surface area contributed by atoms with Gasteiger partial charge in [0.25, 0.3) is 0 Å². The van der Waals surface area contributed by atoms with Crippen molar-refractivity contribution in [2.24, 2.45) is 5.73 Å². The molecule has 0 radical (unpaired) electrons. The molecule has 0 aromatic heterocycles. The Morgan fingerprint density at radius 3 is 1.35 bits per heavy atom. The molecule has 4 saturated heterocycles. The van der Waals surface area contributed by atoms with E-state index in [4.69, 9.17) is 71.1 Å². The number of primary amides is 1. The number of nitrogens with one attached hydrogen (secondary N) is 2. The van der Waals surface area contributed by atoms with Crippen molar-refractivity contribution in [2.45, 2.75) is 153 Å². The van der Waals surface area contributed by atoms with Crippen LogP contribution >= 0.6 is 11.6 Å². The molecule has 8 heterocycles. The topological polar surface area (TPSA) is 541 Å². The third-order valence-corrected chi connectivity index (χ3v) is 24.9. The third kappa shape index (κ3) is 20.1. The molecule has 16 rings (SSSR count). The van der Waals surface area contributed by atoms with E-state index in [1.807, 2.05) is 60.7 Å². The summed E-state index contributed by atoms with van der Waals surface area (Å²) in [5, 5.41) is 176. The average Bonchev–Trinajstić information content (AvgIpc) is 0.748. The fraction of sp³-hybridized carbons (Fsp3) is 0.416. The number of nitrogens with zero attached hydrogens (tertiary/aromatic N) is 1. The Bertz CT molecular complexity index is 5150. The first-order chi connectivity index (χ1) is 59.6. The highest BCUT2D eigenvalue weighted by atomic mass is 35.5. The molecule has 0 aliphatic carbocycles. The van der Waals surface area contributed by atoms with Crippen molar-refractivity contribution in [3.63, 3.8) is 0 Å². The molecule has 20 N–H and O–H groups in total. The minimum Gasteiger partial charge on any atom is -0.496 e. The van der Waals surface area contributed by atoms with Crippen molar-refractivity contribution < 1.29 is 142 Å². The number of aliphatic hydroxyl groups excluding tert-OH is 16. The number of methoxy groups -OCH3 is 1. The maximum atomic E-state index is 12.5.